The first-order chi connectivity index (χ1) is 7.24. The van der Waals surface area contributed by atoms with Gasteiger partial charge < -0.3 is 0 Å². The number of carbonyl (C=O) groups is 1. The Kier molecular flexibility index (Phi) is 5.15. The molecule has 82 valence electrons. The zero-order chi connectivity index (χ0) is 11.1. The van der Waals surface area contributed by atoms with Crippen LogP contribution in [0.4, 0.5) is 0 Å². The van der Waals surface area contributed by atoms with E-state index in [0.29, 0.717) is 17.2 Å². The van der Waals surface area contributed by atoms with Crippen molar-refractivity contribution in [3.63, 3.8) is 0 Å². The van der Waals surface area contributed by atoms with Crippen molar-refractivity contribution < 1.29 is 14.6 Å². The van der Waals surface area contributed by atoms with Crippen molar-refractivity contribution in [3.05, 3.63) is 34.9 Å². The van der Waals surface area contributed by atoms with E-state index >= 15 is 0 Å². The molecule has 0 N–H and O–H groups in total. The van der Waals surface area contributed by atoms with Crippen molar-refractivity contribution in [1.82, 2.24) is 0 Å². The van der Waals surface area contributed by atoms with E-state index in [2.05, 4.69) is 4.89 Å². The molecule has 4 heteroatoms. The van der Waals surface area contributed by atoms with Crippen molar-refractivity contribution in [1.29, 1.82) is 0 Å². The van der Waals surface area contributed by atoms with Gasteiger partial charge in [0.05, 0.1) is 12.2 Å². The summed E-state index contributed by atoms with van der Waals surface area (Å²) in [7, 11) is 0. The maximum Gasteiger partial charge on any atom is 0.373 e. The van der Waals surface area contributed by atoms with E-state index in [1.165, 1.54) is 6.07 Å². The van der Waals surface area contributed by atoms with Crippen LogP contribution >= 0.6 is 11.6 Å². The molecule has 1 aromatic rings. The third-order valence-corrected chi connectivity index (χ3v) is 2.01. The maximum atomic E-state index is 11.4. The van der Waals surface area contributed by atoms with Gasteiger partial charge in [0.1, 0.15) is 0 Å². The minimum absolute atomic E-state index is 0.388. The van der Waals surface area contributed by atoms with Gasteiger partial charge in [0.2, 0.25) is 0 Å². The van der Waals surface area contributed by atoms with Gasteiger partial charge in [-0.05, 0) is 24.6 Å². The SMILES string of the molecule is CCCCOOC(=O)c1cccc(Cl)c1. The van der Waals surface area contributed by atoms with E-state index in [-0.39, 0.29) is 0 Å². The fourth-order valence-electron chi connectivity index (χ4n) is 0.962. The number of halogens is 1. The summed E-state index contributed by atoms with van der Waals surface area (Å²) in [5, 5.41) is 0.498. The van der Waals surface area contributed by atoms with Crippen molar-refractivity contribution in [2.24, 2.45) is 0 Å². The van der Waals surface area contributed by atoms with Gasteiger partial charge in [-0.2, -0.15) is 4.89 Å². The highest BCUT2D eigenvalue weighted by Crippen LogP contribution is 2.11. The average Bonchev–Trinajstić information content (AvgIpc) is 2.24. The standard InChI is InChI=1S/C11H13ClO3/c1-2-3-7-14-15-11(13)9-5-4-6-10(12)8-9/h4-6,8H,2-3,7H2,1H3. The molecule has 15 heavy (non-hydrogen) atoms. The normalized spacial score (nSPS) is 10.0. The fraction of sp³-hybridized carbons (Fsp3) is 0.364. The first-order valence-corrected chi connectivity index (χ1v) is 5.21. The molecule has 0 radical (unpaired) electrons. The number of rotatable bonds is 5. The van der Waals surface area contributed by atoms with Crippen LogP contribution in [-0.2, 0) is 9.78 Å². The molecule has 1 rings (SSSR count). The van der Waals surface area contributed by atoms with Gasteiger partial charge in [-0.25, -0.2) is 4.79 Å². The molecule has 0 unspecified atom stereocenters. The zero-order valence-electron chi connectivity index (χ0n) is 8.53. The number of carbonyl (C=O) groups excluding carboxylic acids is 1. The van der Waals surface area contributed by atoms with E-state index < -0.39 is 5.97 Å². The summed E-state index contributed by atoms with van der Waals surface area (Å²) in [5.74, 6) is -0.520. The topological polar surface area (TPSA) is 35.5 Å². The molecule has 0 atom stereocenters. The van der Waals surface area contributed by atoms with Gasteiger partial charge in [-0.3, -0.25) is 4.89 Å². The number of hydrogen-bond donors (Lipinski definition) is 0. The van der Waals surface area contributed by atoms with Crippen LogP contribution in [0.25, 0.3) is 0 Å². The lowest BCUT2D eigenvalue weighted by Gasteiger charge is -2.02. The lowest BCUT2D eigenvalue weighted by atomic mass is 10.2. The number of benzene rings is 1. The van der Waals surface area contributed by atoms with E-state index in [1.807, 2.05) is 6.92 Å². The van der Waals surface area contributed by atoms with Crippen LogP contribution in [0.15, 0.2) is 24.3 Å². The summed E-state index contributed by atoms with van der Waals surface area (Å²) in [6.07, 6.45) is 1.86. The number of unbranched alkanes of at least 4 members (excludes halogenated alkanes) is 1. The molecule has 0 fully saturated rings. The molecule has 0 heterocycles. The molecule has 1 aromatic carbocycles. The van der Waals surface area contributed by atoms with Crippen LogP contribution in [0.5, 0.6) is 0 Å². The molecule has 0 bridgehead atoms. The van der Waals surface area contributed by atoms with Crippen LogP contribution in [0.3, 0.4) is 0 Å². The van der Waals surface area contributed by atoms with Crippen LogP contribution in [0, 0.1) is 0 Å². The van der Waals surface area contributed by atoms with Crippen molar-refractivity contribution in [2.75, 3.05) is 6.61 Å². The summed E-state index contributed by atoms with van der Waals surface area (Å²) in [6.45, 7) is 2.45. The third kappa shape index (κ3) is 4.32. The molecular weight excluding hydrogens is 216 g/mol. The molecule has 0 aliphatic rings. The fourth-order valence-corrected chi connectivity index (χ4v) is 1.15. The third-order valence-electron chi connectivity index (χ3n) is 1.78. The molecule has 0 aliphatic carbocycles. The minimum Gasteiger partial charge on any atom is -0.293 e. The summed E-state index contributed by atoms with van der Waals surface area (Å²) in [4.78, 5) is 20.7. The predicted molar refractivity (Wildman–Crippen MR) is 57.7 cm³/mol. The van der Waals surface area contributed by atoms with Gasteiger partial charge in [-0.15, -0.1) is 0 Å². The lowest BCUT2D eigenvalue weighted by molar-refractivity contribution is -0.241. The molecule has 0 aromatic heterocycles. The molecule has 3 nitrogen and oxygen atoms in total. The molecule has 0 spiro atoms. The Labute approximate surface area is 93.9 Å². The maximum absolute atomic E-state index is 11.4. The van der Waals surface area contributed by atoms with E-state index in [4.69, 9.17) is 16.5 Å². The first-order valence-electron chi connectivity index (χ1n) is 4.83. The quantitative estimate of drug-likeness (QED) is 0.441. The second-order valence-corrected chi connectivity index (χ2v) is 3.49. The van der Waals surface area contributed by atoms with Crippen LogP contribution in [0.2, 0.25) is 5.02 Å². The Balaban J connectivity index is 2.40. The van der Waals surface area contributed by atoms with E-state index in [1.54, 1.807) is 18.2 Å². The minimum atomic E-state index is -0.520. The summed E-state index contributed by atoms with van der Waals surface area (Å²) < 4.78 is 0. The van der Waals surface area contributed by atoms with Crippen LogP contribution in [-0.4, -0.2) is 12.6 Å². The van der Waals surface area contributed by atoms with Gasteiger partial charge in [0.25, 0.3) is 0 Å². The van der Waals surface area contributed by atoms with Crippen molar-refractivity contribution in [2.45, 2.75) is 19.8 Å². The molecule has 0 amide bonds. The smallest absolute Gasteiger partial charge is 0.293 e. The predicted octanol–water partition coefficient (Wildman–Crippen LogP) is 3.23. The van der Waals surface area contributed by atoms with Crippen LogP contribution < -0.4 is 0 Å². The first kappa shape index (κ1) is 12.0. The van der Waals surface area contributed by atoms with E-state index in [9.17, 15) is 4.79 Å². The Morgan fingerprint density at radius 3 is 2.93 bits per heavy atom. The Morgan fingerprint density at radius 2 is 2.27 bits per heavy atom. The average molecular weight is 229 g/mol. The van der Waals surface area contributed by atoms with Crippen LogP contribution in [0.1, 0.15) is 30.1 Å². The highest BCUT2D eigenvalue weighted by molar-refractivity contribution is 6.30. The Morgan fingerprint density at radius 1 is 1.47 bits per heavy atom. The highest BCUT2D eigenvalue weighted by Gasteiger charge is 2.07. The largest absolute Gasteiger partial charge is 0.373 e. The summed E-state index contributed by atoms with van der Waals surface area (Å²) >= 11 is 5.72. The molecule has 0 saturated heterocycles. The lowest BCUT2D eigenvalue weighted by Crippen LogP contribution is -2.06. The Hall–Kier alpha value is -1.06. The van der Waals surface area contributed by atoms with Gasteiger partial charge in [0.15, 0.2) is 0 Å². The monoisotopic (exact) mass is 228 g/mol. The second kappa shape index (κ2) is 6.43. The van der Waals surface area contributed by atoms with E-state index in [0.717, 1.165) is 12.8 Å². The molecule has 0 saturated carbocycles. The molecular formula is C11H13ClO3. The van der Waals surface area contributed by atoms with Gasteiger partial charge >= 0.3 is 5.97 Å². The van der Waals surface area contributed by atoms with Crippen molar-refractivity contribution in [3.8, 4) is 0 Å². The zero-order valence-corrected chi connectivity index (χ0v) is 9.29. The number of hydrogen-bond acceptors (Lipinski definition) is 3. The van der Waals surface area contributed by atoms with Crippen molar-refractivity contribution >= 4 is 17.6 Å². The highest BCUT2D eigenvalue weighted by atomic mass is 35.5. The van der Waals surface area contributed by atoms with Gasteiger partial charge in [0, 0.05) is 5.02 Å². The molecule has 0 aliphatic heterocycles. The second-order valence-electron chi connectivity index (χ2n) is 3.06. The Bertz CT molecular complexity index is 325. The van der Waals surface area contributed by atoms with Gasteiger partial charge in [-0.1, -0.05) is 31.0 Å². The summed E-state index contributed by atoms with van der Waals surface area (Å²) in [5.41, 5.74) is 0.388. The summed E-state index contributed by atoms with van der Waals surface area (Å²) in [6, 6.07) is 6.53.